The lowest BCUT2D eigenvalue weighted by Crippen LogP contribution is -2.41. The van der Waals surface area contributed by atoms with Crippen molar-refractivity contribution in [3.05, 3.63) is 0 Å². The summed E-state index contributed by atoms with van der Waals surface area (Å²) in [6.07, 6.45) is -1.07. The van der Waals surface area contributed by atoms with Gasteiger partial charge in [-0.15, -0.1) is 0 Å². The van der Waals surface area contributed by atoms with Gasteiger partial charge in [0.2, 0.25) is 0 Å². The predicted molar refractivity (Wildman–Crippen MR) is 53.2 cm³/mol. The van der Waals surface area contributed by atoms with E-state index in [2.05, 4.69) is 22.6 Å². The minimum atomic E-state index is -3.58. The molecule has 3 saturated heterocycles. The molecular formula is C7H6INO4S. The van der Waals surface area contributed by atoms with Crippen LogP contribution < -0.4 is 0 Å². The molecule has 14 heavy (non-hydrogen) atoms. The summed E-state index contributed by atoms with van der Waals surface area (Å²) in [5.41, 5.74) is 0. The van der Waals surface area contributed by atoms with Crippen LogP contribution >= 0.6 is 22.6 Å². The molecular weight excluding hydrogens is 321 g/mol. The van der Waals surface area contributed by atoms with Crippen LogP contribution in [0.5, 0.6) is 0 Å². The number of hydrogen-bond donors (Lipinski definition) is 0. The lowest BCUT2D eigenvalue weighted by atomic mass is 9.88. The number of ether oxygens (including phenoxy) is 1. The Morgan fingerprint density at radius 1 is 1.29 bits per heavy atom. The Labute approximate surface area is 94.6 Å². The average Bonchev–Trinajstić information content (AvgIpc) is 2.67. The number of nitrogens with zero attached hydrogens (tertiary/aromatic N) is 1. The predicted octanol–water partition coefficient (Wildman–Crippen LogP) is -0.192. The maximum Gasteiger partial charge on any atom is 0.274 e. The molecule has 3 rings (SSSR count). The molecule has 0 radical (unpaired) electrons. The molecule has 76 valence electrons. The Kier molecular flexibility index (Phi) is 1.74. The summed E-state index contributed by atoms with van der Waals surface area (Å²) < 4.78 is 33.5. The summed E-state index contributed by atoms with van der Waals surface area (Å²) >= 11 is 2.10. The van der Waals surface area contributed by atoms with Crippen LogP contribution in [0.15, 0.2) is 0 Å². The summed E-state index contributed by atoms with van der Waals surface area (Å²) in [5, 5.41) is 8.15. The second-order valence-electron chi connectivity index (χ2n) is 3.68. The van der Waals surface area contributed by atoms with Crippen LogP contribution in [-0.2, 0) is 19.0 Å². The Morgan fingerprint density at radius 2 is 2.00 bits per heavy atom. The maximum atomic E-state index is 11.5. The van der Waals surface area contributed by atoms with Gasteiger partial charge in [0, 0.05) is 0 Å². The number of hydrogen-bond acceptors (Lipinski definition) is 5. The van der Waals surface area contributed by atoms with Crippen molar-refractivity contribution < 1.29 is 17.3 Å². The maximum absolute atomic E-state index is 11.5. The highest BCUT2D eigenvalue weighted by Crippen LogP contribution is 2.52. The van der Waals surface area contributed by atoms with E-state index in [-0.39, 0.29) is 16.1 Å². The van der Waals surface area contributed by atoms with Gasteiger partial charge in [-0.3, -0.25) is 4.18 Å². The molecule has 6 unspecified atom stereocenters. The van der Waals surface area contributed by atoms with E-state index < -0.39 is 27.4 Å². The molecule has 0 aromatic heterocycles. The minimum absolute atomic E-state index is 0.0317. The van der Waals surface area contributed by atoms with Gasteiger partial charge in [0.15, 0.2) is 0 Å². The number of fused-ring (bicyclic) bond motifs is 1. The number of halogens is 1. The SMILES string of the molecule is N#CC1C2OC3C(OS(=O)(=O)C13)C2I. The highest BCUT2D eigenvalue weighted by Gasteiger charge is 2.70. The fourth-order valence-corrected chi connectivity index (χ4v) is 5.62. The van der Waals surface area contributed by atoms with E-state index in [9.17, 15) is 8.42 Å². The molecule has 2 bridgehead atoms. The minimum Gasteiger partial charge on any atom is -0.368 e. The normalized spacial score (nSPS) is 57.4. The number of rotatable bonds is 0. The molecule has 0 aromatic rings. The average molecular weight is 327 g/mol. The van der Waals surface area contributed by atoms with Crippen molar-refractivity contribution in [2.45, 2.75) is 27.5 Å². The van der Waals surface area contributed by atoms with Crippen molar-refractivity contribution in [3.8, 4) is 6.07 Å². The van der Waals surface area contributed by atoms with E-state index in [0.717, 1.165) is 0 Å². The fraction of sp³-hybridized carbons (Fsp3) is 0.857. The van der Waals surface area contributed by atoms with Crippen LogP contribution in [0.1, 0.15) is 0 Å². The van der Waals surface area contributed by atoms with Crippen molar-refractivity contribution in [2.24, 2.45) is 5.92 Å². The fourth-order valence-electron chi connectivity index (χ4n) is 2.46. The summed E-state index contributed by atoms with van der Waals surface area (Å²) in [6.45, 7) is 0. The number of alkyl halides is 1. The summed E-state index contributed by atoms with van der Waals surface area (Å²) in [4.78, 5) is 0. The van der Waals surface area contributed by atoms with Gasteiger partial charge in [0.1, 0.15) is 17.5 Å². The lowest BCUT2D eigenvalue weighted by molar-refractivity contribution is 0.0805. The third-order valence-corrected chi connectivity index (χ3v) is 6.16. The van der Waals surface area contributed by atoms with Gasteiger partial charge in [0.25, 0.3) is 10.1 Å². The largest absolute Gasteiger partial charge is 0.368 e. The molecule has 3 heterocycles. The van der Waals surface area contributed by atoms with Crippen molar-refractivity contribution in [2.75, 3.05) is 0 Å². The van der Waals surface area contributed by atoms with Crippen molar-refractivity contribution in [1.29, 1.82) is 5.26 Å². The van der Waals surface area contributed by atoms with Gasteiger partial charge in [-0.1, -0.05) is 22.6 Å². The monoisotopic (exact) mass is 327 g/mol. The molecule has 0 aromatic carbocycles. The van der Waals surface area contributed by atoms with Gasteiger partial charge < -0.3 is 4.74 Å². The molecule has 0 amide bonds. The van der Waals surface area contributed by atoms with E-state index in [1.165, 1.54) is 0 Å². The zero-order chi connectivity index (χ0) is 10.1. The number of nitriles is 1. The summed E-state index contributed by atoms with van der Waals surface area (Å²) in [6, 6.07) is 2.02. The molecule has 7 heteroatoms. The Bertz CT molecular complexity index is 429. The standard InChI is InChI=1S/C7H6INO4S/c8-3-4-2(1-9)7-6(12-4)5(3)13-14(7,10)11/h2-7H. The van der Waals surface area contributed by atoms with Crippen LogP contribution in [-0.4, -0.2) is 35.9 Å². The second kappa shape index (κ2) is 2.61. The summed E-state index contributed by atoms with van der Waals surface area (Å²) in [7, 11) is -3.58. The third kappa shape index (κ3) is 0.881. The van der Waals surface area contributed by atoms with Gasteiger partial charge in [-0.2, -0.15) is 13.7 Å². The van der Waals surface area contributed by atoms with Crippen molar-refractivity contribution in [3.63, 3.8) is 0 Å². The van der Waals surface area contributed by atoms with Gasteiger partial charge in [-0.05, 0) is 0 Å². The topological polar surface area (TPSA) is 76.4 Å². The van der Waals surface area contributed by atoms with Crippen molar-refractivity contribution >= 4 is 32.7 Å². The molecule has 0 aliphatic carbocycles. The Morgan fingerprint density at radius 3 is 2.64 bits per heavy atom. The molecule has 3 aliphatic rings. The van der Waals surface area contributed by atoms with Gasteiger partial charge in [-0.25, -0.2) is 0 Å². The van der Waals surface area contributed by atoms with Crippen LogP contribution in [0.25, 0.3) is 0 Å². The highest BCUT2D eigenvalue weighted by atomic mass is 127. The zero-order valence-corrected chi connectivity index (χ0v) is 9.80. The van der Waals surface area contributed by atoms with Crippen LogP contribution in [0.3, 0.4) is 0 Å². The zero-order valence-electron chi connectivity index (χ0n) is 6.83. The molecule has 3 fully saturated rings. The first-order valence-corrected chi connectivity index (χ1v) is 6.89. The molecule has 5 nitrogen and oxygen atoms in total. The van der Waals surface area contributed by atoms with E-state index in [0.29, 0.717) is 0 Å². The van der Waals surface area contributed by atoms with Crippen LogP contribution in [0, 0.1) is 17.2 Å². The molecule has 0 N–H and O–H groups in total. The quantitative estimate of drug-likeness (QED) is 0.350. The highest BCUT2D eigenvalue weighted by molar-refractivity contribution is 14.1. The van der Waals surface area contributed by atoms with Crippen LogP contribution in [0.2, 0.25) is 0 Å². The third-order valence-electron chi connectivity index (χ3n) is 3.03. The first kappa shape index (κ1) is 9.33. The first-order chi connectivity index (χ1) is 6.56. The van der Waals surface area contributed by atoms with Gasteiger partial charge in [0.05, 0.1) is 22.0 Å². The van der Waals surface area contributed by atoms with E-state index in [1.807, 2.05) is 6.07 Å². The van der Waals surface area contributed by atoms with E-state index >= 15 is 0 Å². The summed E-state index contributed by atoms with van der Waals surface area (Å²) in [5.74, 6) is -0.564. The smallest absolute Gasteiger partial charge is 0.274 e. The second-order valence-corrected chi connectivity index (χ2v) is 6.84. The van der Waals surface area contributed by atoms with E-state index in [1.54, 1.807) is 0 Å². The first-order valence-electron chi connectivity index (χ1n) is 4.17. The van der Waals surface area contributed by atoms with E-state index in [4.69, 9.17) is 14.2 Å². The van der Waals surface area contributed by atoms with Crippen LogP contribution in [0.4, 0.5) is 0 Å². The molecule has 3 aliphatic heterocycles. The molecule has 0 saturated carbocycles. The van der Waals surface area contributed by atoms with Gasteiger partial charge >= 0.3 is 0 Å². The van der Waals surface area contributed by atoms with Crippen molar-refractivity contribution in [1.82, 2.24) is 0 Å². The Balaban J connectivity index is 2.15. The molecule has 6 atom stereocenters. The molecule has 0 spiro atoms. The lowest BCUT2D eigenvalue weighted by Gasteiger charge is -2.19. The Hall–Kier alpha value is 0.0900.